The van der Waals surface area contributed by atoms with Crippen LogP contribution in [0.4, 0.5) is 8.78 Å². The molecule has 2 aliphatic heterocycles. The van der Waals surface area contributed by atoms with E-state index < -0.39 is 21.7 Å². The van der Waals surface area contributed by atoms with E-state index in [9.17, 15) is 27.1 Å². The highest BCUT2D eigenvalue weighted by Crippen LogP contribution is 2.30. The number of piperidine rings is 1. The fourth-order valence-electron chi connectivity index (χ4n) is 3.43. The van der Waals surface area contributed by atoms with Gasteiger partial charge in [-0.15, -0.1) is 0 Å². The van der Waals surface area contributed by atoms with Crippen LogP contribution in [-0.2, 0) is 15.0 Å². The SMILES string of the molecule is CN(C)S(=O)(=O)NCC(=O)N1CCCC(O)(CN2CCC(F)(F)CC2)CC1. The first-order valence-corrected chi connectivity index (χ1v) is 10.6. The van der Waals surface area contributed by atoms with Gasteiger partial charge in [-0.25, -0.2) is 8.78 Å². The van der Waals surface area contributed by atoms with Crippen molar-refractivity contribution in [1.29, 1.82) is 0 Å². The molecule has 11 heteroatoms. The van der Waals surface area contributed by atoms with Gasteiger partial charge in [-0.2, -0.15) is 17.4 Å². The zero-order chi connectivity index (χ0) is 20.3. The molecule has 0 aromatic carbocycles. The normalized spacial score (nSPS) is 27.6. The summed E-state index contributed by atoms with van der Waals surface area (Å²) in [7, 11) is -0.933. The van der Waals surface area contributed by atoms with Crippen molar-refractivity contribution in [3.63, 3.8) is 0 Å². The van der Waals surface area contributed by atoms with Gasteiger partial charge < -0.3 is 14.9 Å². The van der Waals surface area contributed by atoms with Crippen LogP contribution in [0.1, 0.15) is 32.1 Å². The van der Waals surface area contributed by atoms with Crippen LogP contribution < -0.4 is 4.72 Å². The largest absolute Gasteiger partial charge is 0.388 e. The summed E-state index contributed by atoms with van der Waals surface area (Å²) in [6, 6.07) is 0. The van der Waals surface area contributed by atoms with E-state index in [0.29, 0.717) is 38.9 Å². The molecule has 1 amide bonds. The first-order valence-electron chi connectivity index (χ1n) is 9.20. The summed E-state index contributed by atoms with van der Waals surface area (Å²) in [6.07, 6.45) is 1.01. The van der Waals surface area contributed by atoms with Gasteiger partial charge in [0.05, 0.1) is 12.1 Å². The maximum Gasteiger partial charge on any atom is 0.279 e. The number of carbonyl (C=O) groups is 1. The lowest BCUT2D eigenvalue weighted by Crippen LogP contribution is -2.49. The minimum atomic E-state index is -3.67. The minimum absolute atomic E-state index is 0.195. The number of rotatable bonds is 6. The lowest BCUT2D eigenvalue weighted by Gasteiger charge is -2.37. The zero-order valence-electron chi connectivity index (χ0n) is 16.0. The maximum absolute atomic E-state index is 13.3. The lowest BCUT2D eigenvalue weighted by molar-refractivity contribution is -0.130. The molecule has 0 aromatic heterocycles. The molecule has 0 saturated carbocycles. The van der Waals surface area contributed by atoms with E-state index in [0.717, 1.165) is 4.31 Å². The standard InChI is InChI=1S/C16H30F2N4O4S/c1-20(2)27(25,26)19-12-14(23)22-8-3-4-15(24,5-11-22)13-21-9-6-16(17,18)7-10-21/h19,24H,3-13H2,1-2H3. The molecule has 0 spiro atoms. The molecule has 2 aliphatic rings. The predicted octanol–water partition coefficient (Wildman–Crippen LogP) is -0.143. The number of nitrogens with one attached hydrogen (secondary N) is 1. The van der Waals surface area contributed by atoms with E-state index >= 15 is 0 Å². The second kappa shape index (κ2) is 8.64. The third kappa shape index (κ3) is 6.60. The highest BCUT2D eigenvalue weighted by molar-refractivity contribution is 7.87. The number of alkyl halides is 2. The molecular formula is C16H30F2N4O4S. The van der Waals surface area contributed by atoms with Gasteiger partial charge in [-0.05, 0) is 19.3 Å². The first-order chi connectivity index (χ1) is 12.4. The van der Waals surface area contributed by atoms with Gasteiger partial charge in [0.2, 0.25) is 5.91 Å². The average molecular weight is 413 g/mol. The molecule has 8 nitrogen and oxygen atoms in total. The van der Waals surface area contributed by atoms with Crippen molar-refractivity contribution in [3.05, 3.63) is 0 Å². The summed E-state index contributed by atoms with van der Waals surface area (Å²) < 4.78 is 53.2. The Morgan fingerprint density at radius 3 is 2.33 bits per heavy atom. The number of aliphatic hydroxyl groups is 1. The minimum Gasteiger partial charge on any atom is -0.388 e. The van der Waals surface area contributed by atoms with Crippen molar-refractivity contribution in [2.45, 2.75) is 43.6 Å². The zero-order valence-corrected chi connectivity index (χ0v) is 16.8. The number of hydrogen-bond donors (Lipinski definition) is 2. The molecule has 2 N–H and O–H groups in total. The third-order valence-electron chi connectivity index (χ3n) is 5.26. The van der Waals surface area contributed by atoms with Crippen molar-refractivity contribution in [3.8, 4) is 0 Å². The Labute approximate surface area is 159 Å². The summed E-state index contributed by atoms with van der Waals surface area (Å²) in [5.41, 5.74) is -1.02. The molecule has 2 rings (SSSR count). The Kier molecular flexibility index (Phi) is 7.17. The van der Waals surface area contributed by atoms with Crippen molar-refractivity contribution in [1.82, 2.24) is 18.8 Å². The molecule has 0 bridgehead atoms. The first kappa shape index (κ1) is 22.4. The molecule has 0 radical (unpaired) electrons. The molecule has 2 fully saturated rings. The van der Waals surface area contributed by atoms with Crippen LogP contribution in [0.5, 0.6) is 0 Å². The highest BCUT2D eigenvalue weighted by atomic mass is 32.2. The van der Waals surface area contributed by atoms with Gasteiger partial charge in [0.25, 0.3) is 16.1 Å². The van der Waals surface area contributed by atoms with Crippen LogP contribution in [0.2, 0.25) is 0 Å². The van der Waals surface area contributed by atoms with Gasteiger partial charge in [0.1, 0.15) is 0 Å². The van der Waals surface area contributed by atoms with Crippen molar-refractivity contribution in [2.75, 3.05) is 53.4 Å². The number of nitrogens with zero attached hydrogens (tertiary/aromatic N) is 3. The molecule has 0 aliphatic carbocycles. The van der Waals surface area contributed by atoms with Crippen LogP contribution in [-0.4, -0.2) is 98.4 Å². The molecule has 0 aromatic rings. The van der Waals surface area contributed by atoms with Gasteiger partial charge >= 0.3 is 0 Å². The second-order valence-electron chi connectivity index (χ2n) is 7.70. The number of likely N-dealkylation sites (tertiary alicyclic amines) is 2. The van der Waals surface area contributed by atoms with Crippen LogP contribution in [0, 0.1) is 0 Å². The number of β-amino-alcohol motifs (C(OH)–C–C–N with tert-alkyl or cyclic N) is 1. The van der Waals surface area contributed by atoms with Crippen LogP contribution in [0.3, 0.4) is 0 Å². The highest BCUT2D eigenvalue weighted by Gasteiger charge is 2.38. The Hall–Kier alpha value is -0.880. The molecule has 1 unspecified atom stereocenters. The summed E-state index contributed by atoms with van der Waals surface area (Å²) in [5, 5.41) is 10.9. The Morgan fingerprint density at radius 1 is 1.11 bits per heavy atom. The number of amides is 1. The van der Waals surface area contributed by atoms with Crippen LogP contribution >= 0.6 is 0 Å². The van der Waals surface area contributed by atoms with Gasteiger partial charge in [-0.1, -0.05) is 0 Å². The van der Waals surface area contributed by atoms with Crippen LogP contribution in [0.25, 0.3) is 0 Å². The summed E-state index contributed by atoms with van der Waals surface area (Å²) in [5.74, 6) is -2.96. The van der Waals surface area contributed by atoms with E-state index in [4.69, 9.17) is 0 Å². The molecule has 2 heterocycles. The van der Waals surface area contributed by atoms with E-state index in [-0.39, 0.29) is 38.4 Å². The predicted molar refractivity (Wildman–Crippen MR) is 96.6 cm³/mol. The van der Waals surface area contributed by atoms with Gasteiger partial charge in [0, 0.05) is 59.7 Å². The summed E-state index contributed by atoms with van der Waals surface area (Å²) in [4.78, 5) is 15.7. The Morgan fingerprint density at radius 2 is 1.74 bits per heavy atom. The summed E-state index contributed by atoms with van der Waals surface area (Å²) >= 11 is 0. The molecule has 1 atom stereocenters. The quantitative estimate of drug-likeness (QED) is 0.633. The van der Waals surface area contributed by atoms with Crippen LogP contribution in [0.15, 0.2) is 0 Å². The number of carbonyl (C=O) groups excluding carboxylic acids is 1. The third-order valence-corrected chi connectivity index (χ3v) is 6.73. The van der Waals surface area contributed by atoms with E-state index in [1.54, 1.807) is 4.90 Å². The fourth-order valence-corrected chi connectivity index (χ4v) is 4.00. The monoisotopic (exact) mass is 412 g/mol. The topological polar surface area (TPSA) is 93.2 Å². The van der Waals surface area contributed by atoms with E-state index in [2.05, 4.69) is 4.72 Å². The van der Waals surface area contributed by atoms with E-state index in [1.807, 2.05) is 4.90 Å². The average Bonchev–Trinajstić information content (AvgIpc) is 2.77. The maximum atomic E-state index is 13.3. The molecule has 2 saturated heterocycles. The number of halogens is 2. The Balaban J connectivity index is 1.84. The Bertz CT molecular complexity index is 622. The van der Waals surface area contributed by atoms with Gasteiger partial charge in [-0.3, -0.25) is 4.79 Å². The van der Waals surface area contributed by atoms with Crippen molar-refractivity contribution in [2.24, 2.45) is 0 Å². The lowest BCUT2D eigenvalue weighted by atomic mass is 9.93. The summed E-state index contributed by atoms with van der Waals surface area (Å²) in [6.45, 7) is 1.24. The molecular weight excluding hydrogens is 382 g/mol. The smallest absolute Gasteiger partial charge is 0.279 e. The van der Waals surface area contributed by atoms with Crippen molar-refractivity contribution < 1.29 is 27.1 Å². The fraction of sp³-hybridized carbons (Fsp3) is 0.938. The van der Waals surface area contributed by atoms with Gasteiger partial charge in [0.15, 0.2) is 0 Å². The molecule has 158 valence electrons. The van der Waals surface area contributed by atoms with E-state index in [1.165, 1.54) is 14.1 Å². The number of hydrogen-bond acceptors (Lipinski definition) is 5. The second-order valence-corrected chi connectivity index (χ2v) is 9.67. The molecule has 27 heavy (non-hydrogen) atoms. The van der Waals surface area contributed by atoms with Crippen molar-refractivity contribution >= 4 is 16.1 Å².